The van der Waals surface area contributed by atoms with Gasteiger partial charge in [0.1, 0.15) is 0 Å². The summed E-state index contributed by atoms with van der Waals surface area (Å²) >= 11 is 0. The fourth-order valence-corrected chi connectivity index (χ4v) is 2.59. The maximum atomic E-state index is 5.98. The Hall–Kier alpha value is -0.0800. The average molecular weight is 198 g/mol. The number of likely N-dealkylation sites (N-methyl/N-ethyl adjacent to an activating group) is 1. The molecule has 14 heavy (non-hydrogen) atoms. The normalized spacial score (nSPS) is 23.8. The summed E-state index contributed by atoms with van der Waals surface area (Å²) in [4.78, 5) is 2.60. The van der Waals surface area contributed by atoms with Gasteiger partial charge in [-0.2, -0.15) is 0 Å². The Balaban J connectivity index is 2.50. The summed E-state index contributed by atoms with van der Waals surface area (Å²) in [5.41, 5.74) is 5.98. The van der Waals surface area contributed by atoms with Crippen LogP contribution in [-0.4, -0.2) is 29.6 Å². The molecule has 0 amide bonds. The molecule has 0 radical (unpaired) electrons. The van der Waals surface area contributed by atoms with Gasteiger partial charge in [-0.15, -0.1) is 0 Å². The Kier molecular flexibility index (Phi) is 4.90. The predicted molar refractivity (Wildman–Crippen MR) is 62.4 cm³/mol. The van der Waals surface area contributed by atoms with Gasteiger partial charge >= 0.3 is 0 Å². The van der Waals surface area contributed by atoms with Crippen molar-refractivity contribution in [1.82, 2.24) is 4.90 Å². The molecule has 0 aromatic carbocycles. The Morgan fingerprint density at radius 1 is 1.21 bits per heavy atom. The van der Waals surface area contributed by atoms with Gasteiger partial charge in [-0.3, -0.25) is 4.90 Å². The third-order valence-corrected chi connectivity index (χ3v) is 3.69. The van der Waals surface area contributed by atoms with Gasteiger partial charge in [-0.05, 0) is 33.2 Å². The van der Waals surface area contributed by atoms with Gasteiger partial charge < -0.3 is 5.73 Å². The van der Waals surface area contributed by atoms with Crippen molar-refractivity contribution in [2.45, 2.75) is 71.0 Å². The van der Waals surface area contributed by atoms with E-state index in [0.717, 1.165) is 12.6 Å². The van der Waals surface area contributed by atoms with E-state index in [1.165, 1.54) is 32.1 Å². The van der Waals surface area contributed by atoms with E-state index in [-0.39, 0.29) is 6.04 Å². The largest absolute Gasteiger partial charge is 0.327 e. The predicted octanol–water partition coefficient (Wildman–Crippen LogP) is 2.38. The number of hydrogen-bond donors (Lipinski definition) is 1. The average Bonchev–Trinajstić information content (AvgIpc) is 2.20. The molecule has 0 aromatic heterocycles. The third kappa shape index (κ3) is 2.96. The van der Waals surface area contributed by atoms with Crippen LogP contribution in [0.3, 0.4) is 0 Å². The standard InChI is InChI=1S/C12H26N2/c1-4-14(11(3)10(2)13)12-8-6-5-7-9-12/h10-12H,4-9,13H2,1-3H3. The van der Waals surface area contributed by atoms with E-state index in [0.29, 0.717) is 6.04 Å². The Morgan fingerprint density at radius 2 is 1.79 bits per heavy atom. The molecule has 1 rings (SSSR count). The number of rotatable bonds is 4. The molecule has 2 atom stereocenters. The van der Waals surface area contributed by atoms with Gasteiger partial charge in [0.25, 0.3) is 0 Å². The van der Waals surface area contributed by atoms with Gasteiger partial charge in [0.15, 0.2) is 0 Å². The Bertz CT molecular complexity index is 150. The van der Waals surface area contributed by atoms with Crippen LogP contribution in [0.25, 0.3) is 0 Å². The van der Waals surface area contributed by atoms with E-state index in [1.807, 2.05) is 0 Å². The van der Waals surface area contributed by atoms with Crippen molar-refractivity contribution in [1.29, 1.82) is 0 Å². The molecular weight excluding hydrogens is 172 g/mol. The van der Waals surface area contributed by atoms with Crippen molar-refractivity contribution in [2.24, 2.45) is 5.73 Å². The molecule has 1 aliphatic rings. The molecule has 0 bridgehead atoms. The molecule has 0 spiro atoms. The molecule has 1 saturated carbocycles. The van der Waals surface area contributed by atoms with Gasteiger partial charge in [-0.1, -0.05) is 26.2 Å². The lowest BCUT2D eigenvalue weighted by atomic mass is 9.92. The first-order chi connectivity index (χ1) is 6.66. The zero-order chi connectivity index (χ0) is 10.6. The molecule has 0 heterocycles. The second-order valence-electron chi connectivity index (χ2n) is 4.72. The maximum absolute atomic E-state index is 5.98. The van der Waals surface area contributed by atoms with Crippen LogP contribution < -0.4 is 5.73 Å². The molecule has 1 aliphatic carbocycles. The van der Waals surface area contributed by atoms with E-state index in [2.05, 4.69) is 25.7 Å². The minimum atomic E-state index is 0.289. The monoisotopic (exact) mass is 198 g/mol. The molecule has 2 heteroatoms. The number of nitrogens with two attached hydrogens (primary N) is 1. The van der Waals surface area contributed by atoms with Crippen molar-refractivity contribution in [3.05, 3.63) is 0 Å². The highest BCUT2D eigenvalue weighted by Gasteiger charge is 2.25. The fraction of sp³-hybridized carbons (Fsp3) is 1.00. The highest BCUT2D eigenvalue weighted by atomic mass is 15.2. The number of nitrogens with zero attached hydrogens (tertiary/aromatic N) is 1. The van der Waals surface area contributed by atoms with Crippen LogP contribution in [0.2, 0.25) is 0 Å². The SMILES string of the molecule is CCN(C1CCCCC1)C(C)C(C)N. The topological polar surface area (TPSA) is 29.3 Å². The van der Waals surface area contributed by atoms with Crippen LogP contribution in [-0.2, 0) is 0 Å². The zero-order valence-electron chi connectivity index (χ0n) is 10.00. The molecule has 0 aliphatic heterocycles. The summed E-state index contributed by atoms with van der Waals surface area (Å²) in [7, 11) is 0. The summed E-state index contributed by atoms with van der Waals surface area (Å²) in [6, 6.07) is 1.62. The quantitative estimate of drug-likeness (QED) is 0.751. The van der Waals surface area contributed by atoms with Crippen LogP contribution >= 0.6 is 0 Å². The van der Waals surface area contributed by atoms with Gasteiger partial charge in [0.05, 0.1) is 0 Å². The van der Waals surface area contributed by atoms with Crippen molar-refractivity contribution in [3.63, 3.8) is 0 Å². The van der Waals surface area contributed by atoms with Crippen LogP contribution in [0.15, 0.2) is 0 Å². The first-order valence-electron chi connectivity index (χ1n) is 6.18. The Labute approximate surface area is 88.8 Å². The summed E-state index contributed by atoms with van der Waals surface area (Å²) in [6.07, 6.45) is 7.01. The molecule has 2 nitrogen and oxygen atoms in total. The van der Waals surface area contributed by atoms with E-state index in [9.17, 15) is 0 Å². The molecule has 2 N–H and O–H groups in total. The van der Waals surface area contributed by atoms with Crippen LogP contribution in [0.4, 0.5) is 0 Å². The highest BCUT2D eigenvalue weighted by molar-refractivity contribution is 4.82. The summed E-state index contributed by atoms with van der Waals surface area (Å²) in [5.74, 6) is 0. The minimum absolute atomic E-state index is 0.289. The van der Waals surface area contributed by atoms with Crippen molar-refractivity contribution >= 4 is 0 Å². The Morgan fingerprint density at radius 3 is 2.21 bits per heavy atom. The summed E-state index contributed by atoms with van der Waals surface area (Å²) in [6.45, 7) is 7.79. The highest BCUT2D eigenvalue weighted by Crippen LogP contribution is 2.24. The summed E-state index contributed by atoms with van der Waals surface area (Å²) < 4.78 is 0. The fourth-order valence-electron chi connectivity index (χ4n) is 2.59. The third-order valence-electron chi connectivity index (χ3n) is 3.69. The molecule has 84 valence electrons. The van der Waals surface area contributed by atoms with Crippen molar-refractivity contribution < 1.29 is 0 Å². The van der Waals surface area contributed by atoms with Gasteiger partial charge in [0.2, 0.25) is 0 Å². The minimum Gasteiger partial charge on any atom is -0.327 e. The lowest BCUT2D eigenvalue weighted by molar-refractivity contribution is 0.107. The molecule has 1 fully saturated rings. The first-order valence-corrected chi connectivity index (χ1v) is 6.18. The lowest BCUT2D eigenvalue weighted by Crippen LogP contribution is -2.49. The smallest absolute Gasteiger partial charge is 0.0219 e. The van der Waals surface area contributed by atoms with E-state index < -0.39 is 0 Å². The molecule has 0 saturated heterocycles. The second kappa shape index (κ2) is 5.72. The van der Waals surface area contributed by atoms with E-state index >= 15 is 0 Å². The van der Waals surface area contributed by atoms with Crippen LogP contribution in [0.5, 0.6) is 0 Å². The van der Waals surface area contributed by atoms with Crippen molar-refractivity contribution in [2.75, 3.05) is 6.54 Å². The first kappa shape index (κ1) is 12.0. The lowest BCUT2D eigenvalue weighted by Gasteiger charge is -2.39. The number of hydrogen-bond acceptors (Lipinski definition) is 2. The molecular formula is C12H26N2. The van der Waals surface area contributed by atoms with Crippen LogP contribution in [0.1, 0.15) is 52.9 Å². The second-order valence-corrected chi connectivity index (χ2v) is 4.72. The van der Waals surface area contributed by atoms with Crippen molar-refractivity contribution in [3.8, 4) is 0 Å². The van der Waals surface area contributed by atoms with E-state index in [1.54, 1.807) is 0 Å². The maximum Gasteiger partial charge on any atom is 0.0219 e. The van der Waals surface area contributed by atoms with Crippen LogP contribution in [0, 0.1) is 0 Å². The molecule has 0 aromatic rings. The van der Waals surface area contributed by atoms with Gasteiger partial charge in [-0.25, -0.2) is 0 Å². The van der Waals surface area contributed by atoms with E-state index in [4.69, 9.17) is 5.73 Å². The molecule has 2 unspecified atom stereocenters. The summed E-state index contributed by atoms with van der Waals surface area (Å²) in [5, 5.41) is 0. The zero-order valence-corrected chi connectivity index (χ0v) is 10.00. The van der Waals surface area contributed by atoms with Gasteiger partial charge in [0, 0.05) is 18.1 Å².